The number of benzene rings is 1. The molecule has 0 amide bonds. The minimum Gasteiger partial charge on any atom is -0.367 e. The molecule has 4 heteroatoms. The summed E-state index contributed by atoms with van der Waals surface area (Å²) in [7, 11) is 4.07. The Morgan fingerprint density at radius 3 is 2.57 bits per heavy atom. The molecule has 1 unspecified atom stereocenters. The van der Waals surface area contributed by atoms with Crippen LogP contribution in [0.4, 0.5) is 5.69 Å². The van der Waals surface area contributed by atoms with E-state index in [4.69, 9.17) is 11.6 Å². The quantitative estimate of drug-likeness (QED) is 0.906. The maximum absolute atomic E-state index is 5.97. The summed E-state index contributed by atoms with van der Waals surface area (Å²) in [5.41, 5.74) is 4.68. The van der Waals surface area contributed by atoms with Gasteiger partial charge in [0.05, 0.1) is 6.04 Å². The van der Waals surface area contributed by atoms with Gasteiger partial charge in [0.25, 0.3) is 0 Å². The first kappa shape index (κ1) is 15.8. The highest BCUT2D eigenvalue weighted by molar-refractivity contribution is 6.30. The number of hydrogen-bond acceptors (Lipinski definition) is 3. The number of anilines is 1. The van der Waals surface area contributed by atoms with E-state index < -0.39 is 0 Å². The standard InChI is InChI=1S/C17H22ClN3/c1-12-9-17(15(10-19-3)11-20-12)21(4)13(2)14-5-7-16(18)8-6-14/h5-9,11,13,19H,10H2,1-4H3. The Bertz CT molecular complexity index is 595. The third-order valence-corrected chi connectivity index (χ3v) is 4.03. The molecule has 3 nitrogen and oxygen atoms in total. The van der Waals surface area contributed by atoms with E-state index in [0.29, 0.717) is 0 Å². The highest BCUT2D eigenvalue weighted by atomic mass is 35.5. The smallest absolute Gasteiger partial charge is 0.0511 e. The molecular weight excluding hydrogens is 282 g/mol. The molecule has 1 aromatic heterocycles. The SMILES string of the molecule is CNCc1cnc(C)cc1N(C)C(C)c1ccc(Cl)cc1. The number of hydrogen-bond donors (Lipinski definition) is 1. The average Bonchev–Trinajstić information content (AvgIpc) is 2.48. The second-order valence-corrected chi connectivity index (χ2v) is 5.76. The zero-order chi connectivity index (χ0) is 15.4. The van der Waals surface area contributed by atoms with Crippen molar-refractivity contribution < 1.29 is 0 Å². The zero-order valence-corrected chi connectivity index (χ0v) is 13.8. The molecule has 2 rings (SSSR count). The Morgan fingerprint density at radius 2 is 1.95 bits per heavy atom. The largest absolute Gasteiger partial charge is 0.367 e. The van der Waals surface area contributed by atoms with Gasteiger partial charge < -0.3 is 10.2 Å². The molecule has 1 aromatic carbocycles. The van der Waals surface area contributed by atoms with E-state index in [-0.39, 0.29) is 6.04 Å². The number of halogens is 1. The van der Waals surface area contributed by atoms with Crippen LogP contribution in [-0.2, 0) is 6.54 Å². The van der Waals surface area contributed by atoms with Crippen molar-refractivity contribution in [2.45, 2.75) is 26.4 Å². The highest BCUT2D eigenvalue weighted by Gasteiger charge is 2.15. The topological polar surface area (TPSA) is 28.2 Å². The van der Waals surface area contributed by atoms with Crippen LogP contribution in [0.2, 0.25) is 5.02 Å². The predicted octanol–water partition coefficient (Wildman–Crippen LogP) is 3.96. The van der Waals surface area contributed by atoms with Gasteiger partial charge in [0.2, 0.25) is 0 Å². The van der Waals surface area contributed by atoms with Crippen molar-refractivity contribution in [1.82, 2.24) is 10.3 Å². The molecule has 0 radical (unpaired) electrons. The maximum Gasteiger partial charge on any atom is 0.0511 e. The molecule has 0 saturated heterocycles. The fraction of sp³-hybridized carbons (Fsp3) is 0.353. The highest BCUT2D eigenvalue weighted by Crippen LogP contribution is 2.29. The lowest BCUT2D eigenvalue weighted by Crippen LogP contribution is -2.24. The van der Waals surface area contributed by atoms with Crippen LogP contribution in [0.3, 0.4) is 0 Å². The Morgan fingerprint density at radius 1 is 1.29 bits per heavy atom. The molecule has 0 spiro atoms. The molecule has 1 N–H and O–H groups in total. The van der Waals surface area contributed by atoms with Crippen molar-refractivity contribution in [1.29, 1.82) is 0 Å². The second kappa shape index (κ2) is 6.92. The van der Waals surface area contributed by atoms with Crippen LogP contribution in [0.15, 0.2) is 36.5 Å². The number of pyridine rings is 1. The van der Waals surface area contributed by atoms with E-state index in [2.05, 4.69) is 47.4 Å². The van der Waals surface area contributed by atoms with Gasteiger partial charge in [0.15, 0.2) is 0 Å². The third-order valence-electron chi connectivity index (χ3n) is 3.78. The Kier molecular flexibility index (Phi) is 5.21. The summed E-state index contributed by atoms with van der Waals surface area (Å²) < 4.78 is 0. The number of aryl methyl sites for hydroxylation is 1. The van der Waals surface area contributed by atoms with Crippen molar-refractivity contribution in [3.8, 4) is 0 Å². The van der Waals surface area contributed by atoms with E-state index in [1.54, 1.807) is 0 Å². The fourth-order valence-electron chi connectivity index (χ4n) is 2.40. The molecule has 112 valence electrons. The third kappa shape index (κ3) is 3.74. The van der Waals surface area contributed by atoms with Crippen molar-refractivity contribution in [3.63, 3.8) is 0 Å². The van der Waals surface area contributed by atoms with Crippen LogP contribution in [0.5, 0.6) is 0 Å². The lowest BCUT2D eigenvalue weighted by molar-refractivity contribution is 0.724. The van der Waals surface area contributed by atoms with E-state index in [9.17, 15) is 0 Å². The minimum atomic E-state index is 0.264. The Balaban J connectivity index is 2.32. The van der Waals surface area contributed by atoms with Gasteiger partial charge >= 0.3 is 0 Å². The Labute approximate surface area is 132 Å². The number of nitrogens with one attached hydrogen (secondary N) is 1. The molecule has 2 aromatic rings. The molecular formula is C17H22ClN3. The van der Waals surface area contributed by atoms with Gasteiger partial charge in [-0.25, -0.2) is 0 Å². The van der Waals surface area contributed by atoms with Crippen LogP contribution in [-0.4, -0.2) is 19.1 Å². The lowest BCUT2D eigenvalue weighted by Gasteiger charge is -2.29. The van der Waals surface area contributed by atoms with Gasteiger partial charge in [-0.2, -0.15) is 0 Å². The van der Waals surface area contributed by atoms with Crippen molar-refractivity contribution in [2.24, 2.45) is 0 Å². The number of aromatic nitrogens is 1. The van der Waals surface area contributed by atoms with Crippen LogP contribution in [0.25, 0.3) is 0 Å². The van der Waals surface area contributed by atoms with Crippen molar-refractivity contribution >= 4 is 17.3 Å². The normalized spacial score (nSPS) is 12.2. The van der Waals surface area contributed by atoms with Gasteiger partial charge in [0.1, 0.15) is 0 Å². The second-order valence-electron chi connectivity index (χ2n) is 5.32. The molecule has 0 saturated carbocycles. The number of nitrogens with zero attached hydrogens (tertiary/aromatic N) is 2. The summed E-state index contributed by atoms with van der Waals surface area (Å²) in [5.74, 6) is 0. The lowest BCUT2D eigenvalue weighted by atomic mass is 10.1. The van der Waals surface area contributed by atoms with Gasteiger partial charge in [-0.3, -0.25) is 4.98 Å². The van der Waals surface area contributed by atoms with Crippen molar-refractivity contribution in [3.05, 3.63) is 58.4 Å². The summed E-state index contributed by atoms with van der Waals surface area (Å²) in [5, 5.41) is 3.97. The molecule has 0 aliphatic rings. The summed E-state index contributed by atoms with van der Waals surface area (Å²) >= 11 is 5.97. The van der Waals surface area contributed by atoms with E-state index in [1.807, 2.05) is 32.3 Å². The molecule has 0 aliphatic heterocycles. The molecule has 0 bridgehead atoms. The van der Waals surface area contributed by atoms with Crippen LogP contribution in [0.1, 0.15) is 29.8 Å². The van der Waals surface area contributed by atoms with E-state index in [1.165, 1.54) is 16.8 Å². The van der Waals surface area contributed by atoms with Gasteiger partial charge in [-0.15, -0.1) is 0 Å². The first-order chi connectivity index (χ1) is 10.0. The first-order valence-electron chi connectivity index (χ1n) is 7.11. The van der Waals surface area contributed by atoms with Gasteiger partial charge in [-0.05, 0) is 44.7 Å². The molecule has 21 heavy (non-hydrogen) atoms. The minimum absolute atomic E-state index is 0.264. The summed E-state index contributed by atoms with van der Waals surface area (Å²) in [4.78, 5) is 6.68. The fourth-order valence-corrected chi connectivity index (χ4v) is 2.53. The average molecular weight is 304 g/mol. The van der Waals surface area contributed by atoms with Gasteiger partial charge in [-0.1, -0.05) is 23.7 Å². The summed E-state index contributed by atoms with van der Waals surface area (Å²) in [6.07, 6.45) is 1.95. The Hall–Kier alpha value is -1.58. The molecule has 1 heterocycles. The van der Waals surface area contributed by atoms with Gasteiger partial charge in [0, 0.05) is 41.8 Å². The molecule has 1 atom stereocenters. The summed E-state index contributed by atoms with van der Waals surface area (Å²) in [6, 6.07) is 10.4. The molecule has 0 fully saturated rings. The first-order valence-corrected chi connectivity index (χ1v) is 7.49. The van der Waals surface area contributed by atoms with E-state index >= 15 is 0 Å². The van der Waals surface area contributed by atoms with Crippen LogP contribution in [0, 0.1) is 6.92 Å². The monoisotopic (exact) mass is 303 g/mol. The van der Waals surface area contributed by atoms with Crippen LogP contribution < -0.4 is 10.2 Å². The molecule has 0 aliphatic carbocycles. The zero-order valence-electron chi connectivity index (χ0n) is 13.0. The number of rotatable bonds is 5. The van der Waals surface area contributed by atoms with Crippen LogP contribution >= 0.6 is 11.6 Å². The predicted molar refractivity (Wildman–Crippen MR) is 90.0 cm³/mol. The van der Waals surface area contributed by atoms with Crippen molar-refractivity contribution in [2.75, 3.05) is 19.0 Å². The summed E-state index contributed by atoms with van der Waals surface area (Å²) in [6.45, 7) is 5.02. The van der Waals surface area contributed by atoms with E-state index in [0.717, 1.165) is 17.3 Å². The maximum atomic E-state index is 5.97.